The fraction of sp³-hybridized carbons (Fsp3) is 0.130. The van der Waals surface area contributed by atoms with E-state index in [0.717, 1.165) is 21.8 Å². The van der Waals surface area contributed by atoms with Gasteiger partial charge in [-0.05, 0) is 30.7 Å². The maximum Gasteiger partial charge on any atom is 0.303 e. The van der Waals surface area contributed by atoms with Crippen molar-refractivity contribution >= 4 is 51.0 Å². The monoisotopic (exact) mass is 406 g/mol. The number of amides is 1. The number of aliphatic carboxylic acids is 1. The molecule has 6 heteroatoms. The molecule has 29 heavy (non-hydrogen) atoms. The van der Waals surface area contributed by atoms with E-state index < -0.39 is 5.97 Å². The number of halogens is 1. The molecule has 1 heterocycles. The van der Waals surface area contributed by atoms with Crippen molar-refractivity contribution in [1.29, 1.82) is 0 Å². The van der Waals surface area contributed by atoms with Gasteiger partial charge < -0.3 is 15.0 Å². The molecule has 1 amide bonds. The minimum Gasteiger partial charge on any atom is -0.481 e. The molecule has 0 aliphatic heterocycles. The topological polar surface area (TPSA) is 71.3 Å². The lowest BCUT2D eigenvalue weighted by Gasteiger charge is -2.12. The molecule has 0 aliphatic rings. The molecule has 2 N–H and O–H groups in total. The number of nitrogens with zero attached hydrogens (tertiary/aromatic N) is 1. The minimum atomic E-state index is -0.821. The van der Waals surface area contributed by atoms with Crippen molar-refractivity contribution in [2.75, 3.05) is 5.32 Å². The predicted octanol–water partition coefficient (Wildman–Crippen LogP) is 5.57. The van der Waals surface area contributed by atoms with Crippen LogP contribution in [0.25, 0.3) is 21.8 Å². The van der Waals surface area contributed by atoms with E-state index in [0.29, 0.717) is 29.2 Å². The molecule has 0 unspecified atom stereocenters. The van der Waals surface area contributed by atoms with Gasteiger partial charge in [0.2, 0.25) is 0 Å². The van der Waals surface area contributed by atoms with Crippen LogP contribution in [0.1, 0.15) is 23.2 Å². The Balaban J connectivity index is 1.81. The highest BCUT2D eigenvalue weighted by Crippen LogP contribution is 2.34. The molecule has 1 aromatic heterocycles. The third-order valence-corrected chi connectivity index (χ3v) is 5.26. The zero-order chi connectivity index (χ0) is 20.4. The Morgan fingerprint density at radius 1 is 0.931 bits per heavy atom. The summed E-state index contributed by atoms with van der Waals surface area (Å²) in [6.07, 6.45) is 0.581. The summed E-state index contributed by atoms with van der Waals surface area (Å²) in [6, 6.07) is 20.6. The normalized spacial score (nSPS) is 11.1. The summed E-state index contributed by atoms with van der Waals surface area (Å²) in [6.45, 7) is 0.537. The highest BCUT2D eigenvalue weighted by atomic mass is 35.5. The zero-order valence-corrected chi connectivity index (χ0v) is 16.3. The Labute approximate surface area is 172 Å². The molecule has 0 atom stereocenters. The van der Waals surface area contributed by atoms with Crippen molar-refractivity contribution in [3.63, 3.8) is 0 Å². The second-order valence-corrected chi connectivity index (χ2v) is 7.21. The number of aromatic nitrogens is 1. The molecule has 0 spiro atoms. The summed E-state index contributed by atoms with van der Waals surface area (Å²) < 4.78 is 2.08. The smallest absolute Gasteiger partial charge is 0.303 e. The Bertz CT molecular complexity index is 1230. The number of hydrogen-bond acceptors (Lipinski definition) is 2. The van der Waals surface area contributed by atoms with Crippen molar-refractivity contribution in [2.24, 2.45) is 0 Å². The van der Waals surface area contributed by atoms with Crippen LogP contribution in [-0.4, -0.2) is 21.6 Å². The van der Waals surface area contributed by atoms with Crippen molar-refractivity contribution in [3.05, 3.63) is 77.3 Å². The molecular weight excluding hydrogens is 388 g/mol. The van der Waals surface area contributed by atoms with E-state index in [1.165, 1.54) is 0 Å². The predicted molar refractivity (Wildman–Crippen MR) is 116 cm³/mol. The largest absolute Gasteiger partial charge is 0.481 e. The first kappa shape index (κ1) is 19.0. The second-order valence-electron chi connectivity index (χ2n) is 6.80. The number of fused-ring (bicyclic) bond motifs is 3. The summed E-state index contributed by atoms with van der Waals surface area (Å²) in [5.41, 5.74) is 2.95. The van der Waals surface area contributed by atoms with E-state index in [1.807, 2.05) is 42.5 Å². The number of benzene rings is 3. The number of hydrogen-bond donors (Lipinski definition) is 2. The van der Waals surface area contributed by atoms with Gasteiger partial charge in [0.25, 0.3) is 5.91 Å². The van der Waals surface area contributed by atoms with Gasteiger partial charge in [-0.1, -0.05) is 54.1 Å². The molecule has 4 aromatic rings. The Kier molecular flexibility index (Phi) is 5.23. The number of carbonyl (C=O) groups excluding carboxylic acids is 1. The number of rotatable bonds is 6. The van der Waals surface area contributed by atoms with Crippen LogP contribution in [0, 0.1) is 0 Å². The highest BCUT2D eigenvalue weighted by molar-refractivity contribution is 6.34. The maximum absolute atomic E-state index is 12.8. The van der Waals surface area contributed by atoms with E-state index in [2.05, 4.69) is 9.88 Å². The molecule has 0 saturated carbocycles. The average molecular weight is 407 g/mol. The van der Waals surface area contributed by atoms with Crippen molar-refractivity contribution in [2.45, 2.75) is 19.4 Å². The van der Waals surface area contributed by atoms with E-state index in [1.54, 1.807) is 24.3 Å². The second kappa shape index (κ2) is 7.97. The van der Waals surface area contributed by atoms with Crippen LogP contribution in [0.2, 0.25) is 5.02 Å². The van der Waals surface area contributed by atoms with Crippen molar-refractivity contribution in [1.82, 2.24) is 4.57 Å². The van der Waals surface area contributed by atoms with Gasteiger partial charge in [-0.2, -0.15) is 0 Å². The Hall–Kier alpha value is -3.31. The van der Waals surface area contributed by atoms with E-state index in [-0.39, 0.29) is 12.3 Å². The van der Waals surface area contributed by atoms with E-state index in [9.17, 15) is 9.59 Å². The van der Waals surface area contributed by atoms with Gasteiger partial charge in [0.1, 0.15) is 0 Å². The van der Waals surface area contributed by atoms with Gasteiger partial charge >= 0.3 is 5.97 Å². The van der Waals surface area contributed by atoms with Crippen LogP contribution in [0.4, 0.5) is 5.69 Å². The summed E-state index contributed by atoms with van der Waals surface area (Å²) in [7, 11) is 0. The zero-order valence-electron chi connectivity index (χ0n) is 15.6. The summed E-state index contributed by atoms with van der Waals surface area (Å²) in [5.74, 6) is -1.11. The van der Waals surface area contributed by atoms with Crippen LogP contribution in [0.5, 0.6) is 0 Å². The standard InChI is InChI=1S/C23H19ClN2O3/c24-18-10-3-1-8-17(18)23(29)25-19-11-5-9-16-15-7-2-4-12-20(15)26(22(16)19)14-6-13-21(27)28/h1-5,7-12H,6,13-14H2,(H,25,29)(H,27,28). The summed E-state index contributed by atoms with van der Waals surface area (Å²) in [5, 5.41) is 14.5. The van der Waals surface area contributed by atoms with Gasteiger partial charge in [0, 0.05) is 29.3 Å². The lowest BCUT2D eigenvalue weighted by Crippen LogP contribution is -2.13. The van der Waals surface area contributed by atoms with Gasteiger partial charge in [0.05, 0.1) is 21.8 Å². The summed E-state index contributed by atoms with van der Waals surface area (Å²) in [4.78, 5) is 23.8. The lowest BCUT2D eigenvalue weighted by molar-refractivity contribution is -0.137. The number of carboxylic acids is 1. The molecule has 0 saturated heterocycles. The highest BCUT2D eigenvalue weighted by Gasteiger charge is 2.17. The quantitative estimate of drug-likeness (QED) is 0.440. The van der Waals surface area contributed by atoms with Crippen LogP contribution < -0.4 is 5.32 Å². The van der Waals surface area contributed by atoms with Crippen LogP contribution >= 0.6 is 11.6 Å². The van der Waals surface area contributed by atoms with Crippen molar-refractivity contribution in [3.8, 4) is 0 Å². The molecule has 0 aliphatic carbocycles. The summed E-state index contributed by atoms with van der Waals surface area (Å²) >= 11 is 6.18. The number of anilines is 1. The first-order valence-corrected chi connectivity index (χ1v) is 9.71. The van der Waals surface area contributed by atoms with Gasteiger partial charge in [-0.3, -0.25) is 9.59 Å². The fourth-order valence-corrected chi connectivity index (χ4v) is 3.89. The van der Waals surface area contributed by atoms with E-state index in [4.69, 9.17) is 16.7 Å². The Morgan fingerprint density at radius 3 is 2.45 bits per heavy atom. The third kappa shape index (κ3) is 3.69. The van der Waals surface area contributed by atoms with Crippen LogP contribution in [0.3, 0.4) is 0 Å². The van der Waals surface area contributed by atoms with Gasteiger partial charge in [0.15, 0.2) is 0 Å². The molecule has 4 rings (SSSR count). The number of aryl methyl sites for hydroxylation is 1. The molecule has 146 valence electrons. The fourth-order valence-electron chi connectivity index (χ4n) is 3.67. The SMILES string of the molecule is O=C(O)CCCn1c2ccccc2c2cccc(NC(=O)c3ccccc3Cl)c21. The Morgan fingerprint density at radius 2 is 1.66 bits per heavy atom. The number of nitrogens with one attached hydrogen (secondary N) is 1. The number of para-hydroxylation sites is 2. The minimum absolute atomic E-state index is 0.0855. The average Bonchev–Trinajstić information content (AvgIpc) is 3.03. The molecule has 0 fully saturated rings. The van der Waals surface area contributed by atoms with Crippen LogP contribution in [-0.2, 0) is 11.3 Å². The number of carboxylic acid groups (broad SMARTS) is 1. The molecule has 5 nitrogen and oxygen atoms in total. The molecule has 3 aromatic carbocycles. The lowest BCUT2D eigenvalue weighted by atomic mass is 10.1. The van der Waals surface area contributed by atoms with Crippen molar-refractivity contribution < 1.29 is 14.7 Å². The number of carbonyl (C=O) groups is 2. The maximum atomic E-state index is 12.8. The molecule has 0 bridgehead atoms. The van der Waals surface area contributed by atoms with E-state index >= 15 is 0 Å². The molecule has 0 radical (unpaired) electrons. The first-order chi connectivity index (χ1) is 14.1. The first-order valence-electron chi connectivity index (χ1n) is 9.34. The van der Waals surface area contributed by atoms with Gasteiger partial charge in [-0.25, -0.2) is 0 Å². The third-order valence-electron chi connectivity index (χ3n) is 4.93. The van der Waals surface area contributed by atoms with Crippen LogP contribution in [0.15, 0.2) is 66.7 Å². The van der Waals surface area contributed by atoms with Gasteiger partial charge in [-0.15, -0.1) is 0 Å². The molecular formula is C23H19ClN2O3.